The highest BCUT2D eigenvalue weighted by atomic mass is 16.5. The number of hydrogen-bond acceptors (Lipinski definition) is 3. The zero-order chi connectivity index (χ0) is 15.9. The van der Waals surface area contributed by atoms with Crippen molar-refractivity contribution in [3.63, 3.8) is 0 Å². The Labute approximate surface area is 129 Å². The molecule has 1 saturated heterocycles. The van der Waals surface area contributed by atoms with Crippen LogP contribution in [-0.4, -0.2) is 45.6 Å². The molecule has 6 heteroatoms. The maximum absolute atomic E-state index is 12.9. The molecule has 1 unspecified atom stereocenters. The molecular weight excluding hydrogens is 284 g/mol. The minimum Gasteiger partial charge on any atom is -0.477 e. The fourth-order valence-electron chi connectivity index (χ4n) is 3.58. The first-order valence-corrected chi connectivity index (χ1v) is 7.85. The summed E-state index contributed by atoms with van der Waals surface area (Å²) < 4.78 is 7.14. The predicted octanol–water partition coefficient (Wildman–Crippen LogP) is 1.98. The number of carbonyl (C=O) groups excluding carboxylic acids is 1. The third-order valence-corrected chi connectivity index (χ3v) is 4.69. The predicted molar refractivity (Wildman–Crippen MR) is 79.9 cm³/mol. The Balaban J connectivity index is 1.97. The van der Waals surface area contributed by atoms with Crippen LogP contribution in [0.5, 0.6) is 0 Å². The number of nitrogens with zero attached hydrogens (tertiary/aromatic N) is 2. The first-order chi connectivity index (χ1) is 10.5. The molecule has 22 heavy (non-hydrogen) atoms. The van der Waals surface area contributed by atoms with Gasteiger partial charge in [-0.05, 0) is 24.8 Å². The monoisotopic (exact) mass is 306 g/mol. The van der Waals surface area contributed by atoms with E-state index in [0.29, 0.717) is 36.9 Å². The number of likely N-dealkylation sites (tertiary alicyclic amines) is 1. The topological polar surface area (TPSA) is 71.8 Å². The Morgan fingerprint density at radius 3 is 2.82 bits per heavy atom. The van der Waals surface area contributed by atoms with E-state index in [2.05, 4.69) is 13.8 Å². The van der Waals surface area contributed by atoms with E-state index in [-0.39, 0.29) is 17.6 Å². The second-order valence-electron chi connectivity index (χ2n) is 6.35. The van der Waals surface area contributed by atoms with Gasteiger partial charge < -0.3 is 19.3 Å². The maximum Gasteiger partial charge on any atom is 0.352 e. The third-order valence-electron chi connectivity index (χ3n) is 4.69. The second-order valence-corrected chi connectivity index (χ2v) is 6.35. The van der Waals surface area contributed by atoms with Crippen molar-refractivity contribution >= 4 is 11.9 Å². The molecule has 1 amide bonds. The molecule has 1 aromatic heterocycles. The summed E-state index contributed by atoms with van der Waals surface area (Å²) in [5.74, 6) is -0.651. The molecule has 0 spiro atoms. The van der Waals surface area contributed by atoms with E-state index in [1.54, 1.807) is 4.57 Å². The fourth-order valence-corrected chi connectivity index (χ4v) is 3.58. The summed E-state index contributed by atoms with van der Waals surface area (Å²) in [6, 6.07) is 1.76. The molecular formula is C16H22N2O4. The van der Waals surface area contributed by atoms with Gasteiger partial charge in [-0.25, -0.2) is 4.79 Å². The lowest BCUT2D eigenvalue weighted by Gasteiger charge is -2.28. The average molecular weight is 306 g/mol. The molecule has 1 atom stereocenters. The van der Waals surface area contributed by atoms with Crippen LogP contribution in [-0.2, 0) is 17.9 Å². The van der Waals surface area contributed by atoms with Crippen molar-refractivity contribution < 1.29 is 19.4 Å². The van der Waals surface area contributed by atoms with Crippen LogP contribution in [0.2, 0.25) is 0 Å². The van der Waals surface area contributed by atoms with Crippen molar-refractivity contribution in [2.75, 3.05) is 13.2 Å². The average Bonchev–Trinajstić information content (AvgIpc) is 3.11. The SMILES string of the molecule is CC(C)C1CCCN1C(=O)c1cc(C(=O)O)n2c1COCC2. The van der Waals surface area contributed by atoms with E-state index in [1.165, 1.54) is 6.07 Å². The molecule has 0 radical (unpaired) electrons. The Hall–Kier alpha value is -1.82. The minimum atomic E-state index is -0.996. The van der Waals surface area contributed by atoms with E-state index in [0.717, 1.165) is 19.4 Å². The molecule has 2 aliphatic heterocycles. The van der Waals surface area contributed by atoms with Gasteiger partial charge in [-0.2, -0.15) is 0 Å². The lowest BCUT2D eigenvalue weighted by atomic mass is 10.0. The van der Waals surface area contributed by atoms with Gasteiger partial charge in [0, 0.05) is 19.1 Å². The van der Waals surface area contributed by atoms with Gasteiger partial charge in [-0.1, -0.05) is 13.8 Å². The van der Waals surface area contributed by atoms with E-state index in [4.69, 9.17) is 4.74 Å². The molecule has 1 aromatic rings. The summed E-state index contributed by atoms with van der Waals surface area (Å²) in [6.45, 7) is 6.25. The zero-order valence-corrected chi connectivity index (χ0v) is 13.0. The van der Waals surface area contributed by atoms with Gasteiger partial charge in [-0.15, -0.1) is 0 Å². The van der Waals surface area contributed by atoms with Crippen LogP contribution in [0.1, 0.15) is 53.2 Å². The van der Waals surface area contributed by atoms with E-state index in [1.807, 2.05) is 4.90 Å². The molecule has 1 fully saturated rings. The van der Waals surface area contributed by atoms with Gasteiger partial charge in [0.1, 0.15) is 5.69 Å². The zero-order valence-electron chi connectivity index (χ0n) is 13.0. The van der Waals surface area contributed by atoms with E-state index in [9.17, 15) is 14.7 Å². The van der Waals surface area contributed by atoms with Crippen LogP contribution in [0.3, 0.4) is 0 Å². The van der Waals surface area contributed by atoms with Crippen LogP contribution < -0.4 is 0 Å². The number of aromatic nitrogens is 1. The van der Waals surface area contributed by atoms with Gasteiger partial charge in [0.05, 0.1) is 24.5 Å². The molecule has 0 bridgehead atoms. The number of aromatic carboxylic acids is 1. The molecule has 1 N–H and O–H groups in total. The smallest absolute Gasteiger partial charge is 0.352 e. The van der Waals surface area contributed by atoms with Crippen molar-refractivity contribution in [2.24, 2.45) is 5.92 Å². The molecule has 0 aromatic carbocycles. The largest absolute Gasteiger partial charge is 0.477 e. The Kier molecular flexibility index (Phi) is 3.95. The first kappa shape index (κ1) is 15.1. The highest BCUT2D eigenvalue weighted by Gasteiger charge is 2.34. The number of hydrogen-bond donors (Lipinski definition) is 1. The number of carboxylic acid groups (broad SMARTS) is 1. The van der Waals surface area contributed by atoms with Crippen LogP contribution in [0.15, 0.2) is 6.07 Å². The minimum absolute atomic E-state index is 0.0575. The van der Waals surface area contributed by atoms with Gasteiger partial charge >= 0.3 is 5.97 Å². The Bertz CT molecular complexity index is 606. The molecule has 3 rings (SSSR count). The standard InChI is InChI=1S/C16H22N2O4/c1-10(2)12-4-3-5-18(12)15(19)11-8-13(16(20)21)17-6-7-22-9-14(11)17/h8,10,12H,3-7,9H2,1-2H3,(H,20,21). The third kappa shape index (κ3) is 2.41. The van der Waals surface area contributed by atoms with Gasteiger partial charge in [0.15, 0.2) is 0 Å². The number of carboxylic acids is 1. The molecule has 2 aliphatic rings. The van der Waals surface area contributed by atoms with Crippen LogP contribution >= 0.6 is 0 Å². The van der Waals surface area contributed by atoms with Crippen molar-refractivity contribution in [3.8, 4) is 0 Å². The normalized spacial score (nSPS) is 21.2. The molecule has 120 valence electrons. The number of rotatable bonds is 3. The van der Waals surface area contributed by atoms with Gasteiger partial charge in [0.25, 0.3) is 5.91 Å². The van der Waals surface area contributed by atoms with Crippen molar-refractivity contribution in [1.82, 2.24) is 9.47 Å². The molecule has 6 nitrogen and oxygen atoms in total. The molecule has 0 aliphatic carbocycles. The lowest BCUT2D eigenvalue weighted by molar-refractivity contribution is 0.0624. The summed E-state index contributed by atoms with van der Waals surface area (Å²) in [6.07, 6.45) is 2.02. The Morgan fingerprint density at radius 1 is 1.36 bits per heavy atom. The Morgan fingerprint density at radius 2 is 2.14 bits per heavy atom. The van der Waals surface area contributed by atoms with Gasteiger partial charge in [0.2, 0.25) is 0 Å². The highest BCUT2D eigenvalue weighted by Crippen LogP contribution is 2.29. The number of carbonyl (C=O) groups is 2. The summed E-state index contributed by atoms with van der Waals surface area (Å²) in [5, 5.41) is 9.35. The summed E-state index contributed by atoms with van der Waals surface area (Å²) >= 11 is 0. The number of fused-ring (bicyclic) bond motifs is 1. The van der Waals surface area contributed by atoms with Crippen molar-refractivity contribution in [2.45, 2.75) is 45.9 Å². The van der Waals surface area contributed by atoms with E-state index < -0.39 is 5.97 Å². The molecule has 0 saturated carbocycles. The van der Waals surface area contributed by atoms with E-state index >= 15 is 0 Å². The van der Waals surface area contributed by atoms with Gasteiger partial charge in [-0.3, -0.25) is 4.79 Å². The van der Waals surface area contributed by atoms with Crippen LogP contribution in [0.25, 0.3) is 0 Å². The fraction of sp³-hybridized carbons (Fsp3) is 0.625. The lowest BCUT2D eigenvalue weighted by Crippen LogP contribution is -2.39. The number of amides is 1. The van der Waals surface area contributed by atoms with Crippen molar-refractivity contribution in [3.05, 3.63) is 23.0 Å². The highest BCUT2D eigenvalue weighted by molar-refractivity contribution is 5.99. The summed E-state index contributed by atoms with van der Waals surface area (Å²) in [7, 11) is 0. The van der Waals surface area contributed by atoms with Crippen molar-refractivity contribution in [1.29, 1.82) is 0 Å². The van der Waals surface area contributed by atoms with Crippen LogP contribution in [0.4, 0.5) is 0 Å². The number of ether oxygens (including phenoxy) is 1. The maximum atomic E-state index is 12.9. The quantitative estimate of drug-likeness (QED) is 0.927. The van der Waals surface area contributed by atoms with Crippen LogP contribution in [0, 0.1) is 5.92 Å². The first-order valence-electron chi connectivity index (χ1n) is 7.85. The summed E-state index contributed by atoms with van der Waals surface area (Å²) in [4.78, 5) is 26.3. The second kappa shape index (κ2) is 5.76. The summed E-state index contributed by atoms with van der Waals surface area (Å²) in [5.41, 5.74) is 1.37. The molecule has 3 heterocycles.